The number of aryl methyl sites for hydroxylation is 1. The monoisotopic (exact) mass is 328 g/mol. The van der Waals surface area contributed by atoms with E-state index in [2.05, 4.69) is 35.7 Å². The van der Waals surface area contributed by atoms with Crippen molar-refractivity contribution in [2.75, 3.05) is 0 Å². The number of hydrogen-bond acceptors (Lipinski definition) is 2. The number of carbonyl (C=O) groups excluding carboxylic acids is 1. The van der Waals surface area contributed by atoms with E-state index >= 15 is 0 Å². The van der Waals surface area contributed by atoms with Crippen LogP contribution in [0.5, 0.6) is 0 Å². The summed E-state index contributed by atoms with van der Waals surface area (Å²) < 4.78 is 0. The lowest BCUT2D eigenvalue weighted by atomic mass is 9.99. The van der Waals surface area contributed by atoms with Gasteiger partial charge in [0.2, 0.25) is 0 Å². The molecule has 0 spiro atoms. The van der Waals surface area contributed by atoms with Crippen molar-refractivity contribution in [3.05, 3.63) is 82.9 Å². The van der Waals surface area contributed by atoms with Crippen molar-refractivity contribution in [3.8, 4) is 6.07 Å². The number of benzene rings is 3. The molecule has 0 bridgehead atoms. The number of fused-ring (bicyclic) bond motifs is 1. The topological polar surface area (TPSA) is 52.9 Å². The molecule has 0 aliphatic rings. The number of nitriles is 1. The van der Waals surface area contributed by atoms with E-state index in [1.54, 1.807) is 12.1 Å². The molecule has 1 atom stereocenters. The molecule has 0 fully saturated rings. The van der Waals surface area contributed by atoms with Gasteiger partial charge in [0.1, 0.15) is 0 Å². The van der Waals surface area contributed by atoms with Crippen LogP contribution >= 0.6 is 0 Å². The predicted molar refractivity (Wildman–Crippen MR) is 100 cm³/mol. The number of rotatable bonds is 4. The third-order valence-corrected chi connectivity index (χ3v) is 4.39. The second-order valence-corrected chi connectivity index (χ2v) is 6.36. The fraction of sp³-hybridized carbons (Fsp3) is 0.182. The minimum atomic E-state index is -0.137. The van der Waals surface area contributed by atoms with E-state index in [0.717, 1.165) is 12.0 Å². The van der Waals surface area contributed by atoms with Gasteiger partial charge in [0.05, 0.1) is 11.6 Å². The molecule has 1 N–H and O–H groups in total. The van der Waals surface area contributed by atoms with Crippen LogP contribution in [0, 0.1) is 18.3 Å². The highest BCUT2D eigenvalue weighted by molar-refractivity contribution is 5.96. The van der Waals surface area contributed by atoms with Crippen LogP contribution in [0.1, 0.15) is 34.0 Å². The van der Waals surface area contributed by atoms with Gasteiger partial charge in [-0.25, -0.2) is 0 Å². The zero-order valence-corrected chi connectivity index (χ0v) is 14.4. The van der Waals surface area contributed by atoms with Crippen LogP contribution < -0.4 is 5.32 Å². The highest BCUT2D eigenvalue weighted by Crippen LogP contribution is 2.20. The van der Waals surface area contributed by atoms with E-state index in [1.807, 2.05) is 38.1 Å². The van der Waals surface area contributed by atoms with Gasteiger partial charge in [-0.3, -0.25) is 4.79 Å². The van der Waals surface area contributed by atoms with Crippen molar-refractivity contribution in [1.29, 1.82) is 5.26 Å². The Labute approximate surface area is 147 Å². The molecule has 0 aliphatic carbocycles. The quantitative estimate of drug-likeness (QED) is 0.772. The molecule has 0 saturated heterocycles. The lowest BCUT2D eigenvalue weighted by molar-refractivity contribution is 0.0939. The first kappa shape index (κ1) is 16.7. The summed E-state index contributed by atoms with van der Waals surface area (Å²) in [5.74, 6) is -0.137. The van der Waals surface area contributed by atoms with Crippen LogP contribution in [0.3, 0.4) is 0 Å². The fourth-order valence-electron chi connectivity index (χ4n) is 3.09. The molecule has 0 heterocycles. The van der Waals surface area contributed by atoms with E-state index < -0.39 is 0 Å². The molecular formula is C22H20N2O. The first-order valence-electron chi connectivity index (χ1n) is 8.36. The van der Waals surface area contributed by atoms with Crippen molar-refractivity contribution in [3.63, 3.8) is 0 Å². The number of hydrogen-bond donors (Lipinski definition) is 1. The summed E-state index contributed by atoms with van der Waals surface area (Å²) in [5.41, 5.74) is 3.14. The van der Waals surface area contributed by atoms with E-state index in [1.165, 1.54) is 16.3 Å². The van der Waals surface area contributed by atoms with Gasteiger partial charge in [-0.05, 0) is 54.3 Å². The average molecular weight is 328 g/mol. The van der Waals surface area contributed by atoms with Crippen molar-refractivity contribution in [1.82, 2.24) is 5.32 Å². The van der Waals surface area contributed by atoms with Crippen molar-refractivity contribution in [2.24, 2.45) is 0 Å². The van der Waals surface area contributed by atoms with Gasteiger partial charge in [-0.2, -0.15) is 5.26 Å². The molecule has 124 valence electrons. The predicted octanol–water partition coefficient (Wildman–Crippen LogP) is 4.38. The molecule has 3 nitrogen and oxygen atoms in total. The molecule has 25 heavy (non-hydrogen) atoms. The highest BCUT2D eigenvalue weighted by Gasteiger charge is 2.14. The maximum atomic E-state index is 12.6. The second kappa shape index (κ2) is 7.19. The maximum absolute atomic E-state index is 12.6. The first-order chi connectivity index (χ1) is 12.1. The summed E-state index contributed by atoms with van der Waals surface area (Å²) in [5, 5.41) is 14.5. The fourth-order valence-corrected chi connectivity index (χ4v) is 3.09. The molecule has 3 heteroatoms. The summed E-state index contributed by atoms with van der Waals surface area (Å²) in [4.78, 5) is 12.6. The van der Waals surface area contributed by atoms with Gasteiger partial charge in [0.25, 0.3) is 5.91 Å². The average Bonchev–Trinajstić information content (AvgIpc) is 2.62. The van der Waals surface area contributed by atoms with Crippen LogP contribution in [0.2, 0.25) is 0 Å². The Bertz CT molecular complexity index is 964. The third kappa shape index (κ3) is 3.70. The zero-order chi connectivity index (χ0) is 17.8. The third-order valence-electron chi connectivity index (χ3n) is 4.39. The summed E-state index contributed by atoms with van der Waals surface area (Å²) >= 11 is 0. The smallest absolute Gasteiger partial charge is 0.251 e. The van der Waals surface area contributed by atoms with E-state index in [0.29, 0.717) is 11.1 Å². The number of nitrogens with zero attached hydrogens (tertiary/aromatic N) is 1. The van der Waals surface area contributed by atoms with Crippen LogP contribution in [-0.4, -0.2) is 11.9 Å². The van der Waals surface area contributed by atoms with E-state index in [9.17, 15) is 4.79 Å². The minimum Gasteiger partial charge on any atom is -0.349 e. The lowest BCUT2D eigenvalue weighted by Crippen LogP contribution is -2.34. The molecule has 1 unspecified atom stereocenters. The van der Waals surface area contributed by atoms with E-state index in [4.69, 9.17) is 5.26 Å². The minimum absolute atomic E-state index is 0.0107. The summed E-state index contributed by atoms with van der Waals surface area (Å²) in [6, 6.07) is 21.8. The van der Waals surface area contributed by atoms with Gasteiger partial charge in [0, 0.05) is 11.6 Å². The molecule has 3 aromatic rings. The molecule has 0 saturated carbocycles. The second-order valence-electron chi connectivity index (χ2n) is 6.36. The molecule has 0 aliphatic heterocycles. The Morgan fingerprint density at radius 1 is 1.12 bits per heavy atom. The molecule has 3 aromatic carbocycles. The van der Waals surface area contributed by atoms with Crippen LogP contribution in [-0.2, 0) is 6.42 Å². The Morgan fingerprint density at radius 3 is 2.68 bits per heavy atom. The number of carbonyl (C=O) groups is 1. The molecule has 0 aromatic heterocycles. The van der Waals surface area contributed by atoms with Gasteiger partial charge < -0.3 is 5.32 Å². The van der Waals surface area contributed by atoms with Gasteiger partial charge in [-0.15, -0.1) is 0 Å². The highest BCUT2D eigenvalue weighted by atomic mass is 16.1. The Morgan fingerprint density at radius 2 is 1.88 bits per heavy atom. The summed E-state index contributed by atoms with van der Waals surface area (Å²) in [7, 11) is 0. The largest absolute Gasteiger partial charge is 0.349 e. The standard InChI is InChI=1S/C22H20N2O/c1-15-10-11-17(14-23)13-21(15)22(25)24-16(2)12-19-8-5-7-18-6-3-4-9-20(18)19/h3-11,13,16H,12H2,1-2H3,(H,24,25). The van der Waals surface area contributed by atoms with Crippen LogP contribution in [0.15, 0.2) is 60.7 Å². The van der Waals surface area contributed by atoms with Crippen LogP contribution in [0.4, 0.5) is 0 Å². The summed E-state index contributed by atoms with van der Waals surface area (Å²) in [6.45, 7) is 3.88. The molecular weight excluding hydrogens is 308 g/mol. The number of amides is 1. The van der Waals surface area contributed by atoms with E-state index in [-0.39, 0.29) is 11.9 Å². The van der Waals surface area contributed by atoms with Crippen molar-refractivity contribution >= 4 is 16.7 Å². The zero-order valence-electron chi connectivity index (χ0n) is 14.4. The normalized spacial score (nSPS) is 11.7. The maximum Gasteiger partial charge on any atom is 0.251 e. The molecule has 1 amide bonds. The SMILES string of the molecule is Cc1ccc(C#N)cc1C(=O)NC(C)Cc1cccc2ccccc12. The number of nitrogens with one attached hydrogen (secondary N) is 1. The first-order valence-corrected chi connectivity index (χ1v) is 8.36. The Balaban J connectivity index is 1.77. The van der Waals surface area contributed by atoms with Gasteiger partial charge in [-0.1, -0.05) is 48.5 Å². The van der Waals surface area contributed by atoms with Gasteiger partial charge >= 0.3 is 0 Å². The molecule has 0 radical (unpaired) electrons. The van der Waals surface area contributed by atoms with Crippen molar-refractivity contribution in [2.45, 2.75) is 26.3 Å². The summed E-state index contributed by atoms with van der Waals surface area (Å²) in [6.07, 6.45) is 0.754. The van der Waals surface area contributed by atoms with Gasteiger partial charge in [0.15, 0.2) is 0 Å². The Kier molecular flexibility index (Phi) is 4.81. The Hall–Kier alpha value is -3.12. The molecule has 3 rings (SSSR count). The van der Waals surface area contributed by atoms with Crippen LogP contribution in [0.25, 0.3) is 10.8 Å². The van der Waals surface area contributed by atoms with Crippen molar-refractivity contribution < 1.29 is 4.79 Å². The lowest BCUT2D eigenvalue weighted by Gasteiger charge is -2.16.